The van der Waals surface area contributed by atoms with Crippen molar-refractivity contribution in [3.63, 3.8) is 0 Å². The van der Waals surface area contributed by atoms with Gasteiger partial charge in [0.1, 0.15) is 6.04 Å². The fourth-order valence-electron chi connectivity index (χ4n) is 3.70. The van der Waals surface area contributed by atoms with Crippen LogP contribution < -0.4 is 10.9 Å². The molecule has 0 bridgehead atoms. The molecule has 0 aliphatic heterocycles. The van der Waals surface area contributed by atoms with Crippen LogP contribution in [0.2, 0.25) is 0 Å². The summed E-state index contributed by atoms with van der Waals surface area (Å²) in [6.07, 6.45) is 0. The van der Waals surface area contributed by atoms with E-state index in [0.717, 1.165) is 22.3 Å². The van der Waals surface area contributed by atoms with Gasteiger partial charge in [-0.25, -0.2) is 4.52 Å². The van der Waals surface area contributed by atoms with Gasteiger partial charge in [-0.1, -0.05) is 38.1 Å². The van der Waals surface area contributed by atoms with E-state index in [0.29, 0.717) is 11.6 Å². The van der Waals surface area contributed by atoms with Crippen molar-refractivity contribution in [2.24, 2.45) is 0 Å². The molecule has 0 saturated carbocycles. The van der Waals surface area contributed by atoms with Crippen molar-refractivity contribution in [2.45, 2.75) is 39.7 Å². The highest BCUT2D eigenvalue weighted by Crippen LogP contribution is 2.26. The summed E-state index contributed by atoms with van der Waals surface area (Å²) in [5, 5.41) is 3.84. The summed E-state index contributed by atoms with van der Waals surface area (Å²) >= 11 is 0. The number of fused-ring (bicyclic) bond motifs is 3. The molecule has 2 aromatic carbocycles. The number of benzene rings is 2. The van der Waals surface area contributed by atoms with Gasteiger partial charge < -0.3 is 5.32 Å². The van der Waals surface area contributed by atoms with Gasteiger partial charge >= 0.3 is 0 Å². The molecule has 0 saturated heterocycles. The Kier molecular flexibility index (Phi) is 4.70. The molecule has 0 spiro atoms. The van der Waals surface area contributed by atoms with E-state index in [1.54, 1.807) is 0 Å². The number of para-hydroxylation sites is 1. The van der Waals surface area contributed by atoms with Gasteiger partial charge in [0, 0.05) is 22.8 Å². The van der Waals surface area contributed by atoms with Crippen molar-refractivity contribution < 1.29 is 4.79 Å². The first-order valence-corrected chi connectivity index (χ1v) is 9.77. The molecule has 0 radical (unpaired) electrons. The number of carbonyl (C=O) groups is 1. The first-order valence-electron chi connectivity index (χ1n) is 9.77. The lowest BCUT2D eigenvalue weighted by Gasteiger charge is -2.18. The van der Waals surface area contributed by atoms with E-state index in [1.807, 2.05) is 71.6 Å². The van der Waals surface area contributed by atoms with Crippen molar-refractivity contribution in [3.05, 3.63) is 76.2 Å². The molecule has 0 unspecified atom stereocenters. The Balaban J connectivity index is 1.77. The zero-order chi connectivity index (χ0) is 20.7. The van der Waals surface area contributed by atoms with Crippen molar-refractivity contribution in [1.29, 1.82) is 0 Å². The quantitative estimate of drug-likeness (QED) is 0.567. The fraction of sp³-hybridized carbons (Fsp3) is 0.261. The van der Waals surface area contributed by atoms with Crippen LogP contribution in [-0.4, -0.2) is 20.1 Å². The Morgan fingerprint density at radius 3 is 2.41 bits per heavy atom. The summed E-state index contributed by atoms with van der Waals surface area (Å²) in [5.74, 6) is 0.303. The minimum Gasteiger partial charge on any atom is -0.324 e. The zero-order valence-corrected chi connectivity index (χ0v) is 17.0. The van der Waals surface area contributed by atoms with Gasteiger partial charge in [0.25, 0.3) is 5.56 Å². The molecule has 0 fully saturated rings. The highest BCUT2D eigenvalue weighted by atomic mass is 16.2. The number of amides is 1. The van der Waals surface area contributed by atoms with E-state index >= 15 is 0 Å². The molecule has 0 aliphatic rings. The molecular weight excluding hydrogens is 364 g/mol. The van der Waals surface area contributed by atoms with Crippen LogP contribution in [-0.2, 0) is 4.79 Å². The van der Waals surface area contributed by atoms with Crippen LogP contribution in [0.15, 0.2) is 59.4 Å². The summed E-state index contributed by atoms with van der Waals surface area (Å²) in [4.78, 5) is 29.2. The van der Waals surface area contributed by atoms with Gasteiger partial charge in [-0.05, 0) is 49.6 Å². The van der Waals surface area contributed by atoms with Crippen LogP contribution in [0.3, 0.4) is 0 Å². The Morgan fingerprint density at radius 1 is 1.03 bits per heavy atom. The van der Waals surface area contributed by atoms with Crippen molar-refractivity contribution in [2.75, 3.05) is 5.32 Å². The van der Waals surface area contributed by atoms with E-state index in [1.165, 1.54) is 11.6 Å². The second kappa shape index (κ2) is 7.20. The van der Waals surface area contributed by atoms with Gasteiger partial charge in [0.15, 0.2) is 5.65 Å². The second-order valence-corrected chi connectivity index (χ2v) is 7.67. The van der Waals surface area contributed by atoms with Crippen LogP contribution in [0.5, 0.6) is 0 Å². The molecule has 29 heavy (non-hydrogen) atoms. The van der Waals surface area contributed by atoms with Crippen LogP contribution in [0, 0.1) is 6.92 Å². The first kappa shape index (κ1) is 18.9. The van der Waals surface area contributed by atoms with Gasteiger partial charge in [0.05, 0.1) is 5.52 Å². The van der Waals surface area contributed by atoms with Gasteiger partial charge in [-0.15, -0.1) is 0 Å². The molecule has 6 nitrogen and oxygen atoms in total. The third-order valence-corrected chi connectivity index (χ3v) is 5.28. The first-order chi connectivity index (χ1) is 13.9. The summed E-state index contributed by atoms with van der Waals surface area (Å²) < 4.78 is 3.74. The Bertz CT molecular complexity index is 1270. The number of rotatable bonds is 4. The van der Waals surface area contributed by atoms with E-state index in [4.69, 9.17) is 0 Å². The lowest BCUT2D eigenvalue weighted by molar-refractivity contribution is -0.119. The minimum atomic E-state index is -0.509. The largest absolute Gasteiger partial charge is 0.324 e. The third kappa shape index (κ3) is 3.31. The maximum absolute atomic E-state index is 13.1. The molecule has 1 N–H and O–H groups in total. The molecule has 6 heteroatoms. The van der Waals surface area contributed by atoms with Crippen molar-refractivity contribution in [3.8, 4) is 0 Å². The predicted molar refractivity (Wildman–Crippen MR) is 116 cm³/mol. The molecule has 4 rings (SSSR count). The average Bonchev–Trinajstić information content (AvgIpc) is 3.02. The smallest absolute Gasteiger partial charge is 0.273 e. The van der Waals surface area contributed by atoms with Gasteiger partial charge in [0.2, 0.25) is 5.91 Å². The third-order valence-electron chi connectivity index (χ3n) is 5.28. The molecule has 1 amide bonds. The minimum absolute atomic E-state index is 0.136. The van der Waals surface area contributed by atoms with Gasteiger partial charge in [-0.3, -0.25) is 14.3 Å². The van der Waals surface area contributed by atoms with Crippen molar-refractivity contribution >= 4 is 28.1 Å². The lowest BCUT2D eigenvalue weighted by atomic mass is 10.0. The normalized spacial score (nSPS) is 12.6. The van der Waals surface area contributed by atoms with E-state index in [-0.39, 0.29) is 11.5 Å². The number of nitrogens with zero attached hydrogens (tertiary/aromatic N) is 3. The lowest BCUT2D eigenvalue weighted by Crippen LogP contribution is -2.27. The molecule has 2 aromatic heterocycles. The summed E-state index contributed by atoms with van der Waals surface area (Å²) in [6, 6.07) is 16.6. The standard InChI is InChI=1S/C23H24N4O2/c1-14(2)17-9-11-18(12-10-17)24-23(29)16(4)27-20-8-6-5-7-19(20)22-25-21(28)13-15(3)26(22)27/h5-14,16H,1-4H3,(H,24,29)/t16-/m0/s1. The number of nitrogens with one attached hydrogen (secondary N) is 1. The Labute approximate surface area is 168 Å². The zero-order valence-electron chi connectivity index (χ0n) is 17.0. The van der Waals surface area contributed by atoms with Crippen molar-refractivity contribution in [1.82, 2.24) is 14.2 Å². The van der Waals surface area contributed by atoms with Crippen LogP contribution >= 0.6 is 0 Å². The monoisotopic (exact) mass is 388 g/mol. The fourth-order valence-corrected chi connectivity index (χ4v) is 3.70. The van der Waals surface area contributed by atoms with E-state index in [2.05, 4.69) is 24.1 Å². The molecule has 4 aromatic rings. The van der Waals surface area contributed by atoms with Gasteiger partial charge in [-0.2, -0.15) is 4.98 Å². The Hall–Kier alpha value is -3.41. The highest BCUT2D eigenvalue weighted by molar-refractivity contribution is 5.97. The molecule has 148 valence electrons. The summed E-state index contributed by atoms with van der Waals surface area (Å²) in [6.45, 7) is 7.97. The second-order valence-electron chi connectivity index (χ2n) is 7.67. The summed E-state index contributed by atoms with van der Waals surface area (Å²) in [5.41, 5.74) is 3.85. The average molecular weight is 388 g/mol. The number of hydrogen-bond acceptors (Lipinski definition) is 3. The molecule has 0 aliphatic carbocycles. The number of anilines is 1. The van der Waals surface area contributed by atoms with Crippen LogP contribution in [0.1, 0.15) is 44.0 Å². The number of hydrogen-bond donors (Lipinski definition) is 1. The number of aromatic nitrogens is 3. The maximum Gasteiger partial charge on any atom is 0.273 e. The maximum atomic E-state index is 13.1. The number of aryl methyl sites for hydroxylation is 1. The summed E-state index contributed by atoms with van der Waals surface area (Å²) in [7, 11) is 0. The Morgan fingerprint density at radius 2 is 1.72 bits per heavy atom. The SMILES string of the molecule is Cc1cc(=O)nc2c3ccccc3n([C@@H](C)C(=O)Nc3ccc(C(C)C)cc3)n12. The molecular formula is C23H24N4O2. The molecule has 1 atom stereocenters. The van der Waals surface area contributed by atoms with Crippen LogP contribution in [0.25, 0.3) is 16.6 Å². The predicted octanol–water partition coefficient (Wildman–Crippen LogP) is 4.28. The van der Waals surface area contributed by atoms with E-state index in [9.17, 15) is 9.59 Å². The topological polar surface area (TPSA) is 68.4 Å². The highest BCUT2D eigenvalue weighted by Gasteiger charge is 2.22. The van der Waals surface area contributed by atoms with E-state index < -0.39 is 6.04 Å². The van der Waals surface area contributed by atoms with Crippen LogP contribution in [0.4, 0.5) is 5.69 Å². The molecule has 2 heterocycles. The number of carbonyl (C=O) groups excluding carboxylic acids is 1.